The van der Waals surface area contributed by atoms with Gasteiger partial charge < -0.3 is 19.8 Å². The molecule has 0 aliphatic carbocycles. The van der Waals surface area contributed by atoms with Gasteiger partial charge in [0.15, 0.2) is 0 Å². The lowest BCUT2D eigenvalue weighted by Crippen LogP contribution is -2.23. The first-order chi connectivity index (χ1) is 16.0. The molecular weight excluding hydrogens is 445 g/mol. The fourth-order valence-corrected chi connectivity index (χ4v) is 3.66. The van der Waals surface area contributed by atoms with Gasteiger partial charge in [0.25, 0.3) is 5.91 Å². The zero-order chi connectivity index (χ0) is 23.4. The van der Waals surface area contributed by atoms with E-state index in [0.29, 0.717) is 17.3 Å². The minimum absolute atomic E-state index is 0.0670. The van der Waals surface area contributed by atoms with Crippen LogP contribution in [0.25, 0.3) is 22.6 Å². The van der Waals surface area contributed by atoms with Crippen LogP contribution in [-0.4, -0.2) is 30.1 Å². The molecular formula is C25H21ClFN3O3. The number of ether oxygens (including phenoxy) is 2. The highest BCUT2D eigenvalue weighted by atomic mass is 35.5. The summed E-state index contributed by atoms with van der Waals surface area (Å²) < 4.78 is 24.0. The molecule has 6 nitrogen and oxygen atoms in total. The van der Waals surface area contributed by atoms with Gasteiger partial charge in [-0.3, -0.25) is 4.79 Å². The van der Waals surface area contributed by atoms with Crippen molar-refractivity contribution in [2.24, 2.45) is 0 Å². The van der Waals surface area contributed by atoms with E-state index < -0.39 is 5.82 Å². The maximum absolute atomic E-state index is 13.2. The molecule has 0 radical (unpaired) electrons. The van der Waals surface area contributed by atoms with Crippen molar-refractivity contribution in [3.8, 4) is 34.1 Å². The van der Waals surface area contributed by atoms with E-state index in [1.54, 1.807) is 20.4 Å². The third-order valence-corrected chi connectivity index (χ3v) is 5.41. The van der Waals surface area contributed by atoms with Crippen molar-refractivity contribution in [3.05, 3.63) is 88.8 Å². The topological polar surface area (TPSA) is 76.2 Å². The molecule has 1 aromatic heterocycles. The van der Waals surface area contributed by atoms with Crippen molar-refractivity contribution < 1.29 is 18.7 Å². The lowest BCUT2D eigenvalue weighted by atomic mass is 10.1. The zero-order valence-corrected chi connectivity index (χ0v) is 18.7. The normalized spacial score (nSPS) is 10.7. The standard InChI is InChI=1S/C25H21ClFN3O3/c1-32-18-7-9-23(33-2)20(12-18)22-14-28-24(30-22)16-5-3-4-15(10-16)13-29-25(31)19-8-6-17(27)11-21(19)26/h3-12,14H,13H2,1-2H3,(H,28,30)(H,29,31). The minimum atomic E-state index is -0.492. The molecule has 0 saturated heterocycles. The molecule has 4 aromatic rings. The van der Waals surface area contributed by atoms with Crippen molar-refractivity contribution >= 4 is 17.5 Å². The first kappa shape index (κ1) is 22.4. The van der Waals surface area contributed by atoms with E-state index in [4.69, 9.17) is 21.1 Å². The van der Waals surface area contributed by atoms with Crippen LogP contribution in [0.4, 0.5) is 4.39 Å². The number of imidazole rings is 1. The third-order valence-electron chi connectivity index (χ3n) is 5.10. The average molecular weight is 466 g/mol. The summed E-state index contributed by atoms with van der Waals surface area (Å²) in [4.78, 5) is 20.2. The molecule has 0 aliphatic rings. The van der Waals surface area contributed by atoms with Crippen LogP contribution >= 0.6 is 11.6 Å². The maximum Gasteiger partial charge on any atom is 0.253 e. The third kappa shape index (κ3) is 4.99. The number of hydrogen-bond donors (Lipinski definition) is 2. The molecule has 1 amide bonds. The lowest BCUT2D eigenvalue weighted by Gasteiger charge is -2.09. The molecule has 168 valence electrons. The predicted molar refractivity (Wildman–Crippen MR) is 125 cm³/mol. The maximum atomic E-state index is 13.2. The number of hydrogen-bond acceptors (Lipinski definition) is 4. The van der Waals surface area contributed by atoms with Crippen molar-refractivity contribution in [3.63, 3.8) is 0 Å². The van der Waals surface area contributed by atoms with Gasteiger partial charge in [-0.25, -0.2) is 9.37 Å². The number of halogens is 2. The number of aromatic nitrogens is 2. The summed E-state index contributed by atoms with van der Waals surface area (Å²) in [6.45, 7) is 0.275. The number of carbonyl (C=O) groups excluding carboxylic acids is 1. The van der Waals surface area contributed by atoms with Crippen molar-refractivity contribution in [2.75, 3.05) is 14.2 Å². The van der Waals surface area contributed by atoms with Gasteiger partial charge in [0, 0.05) is 17.7 Å². The quantitative estimate of drug-likeness (QED) is 0.378. The molecule has 0 saturated carbocycles. The molecule has 0 aliphatic heterocycles. The van der Waals surface area contributed by atoms with Gasteiger partial charge in [-0.05, 0) is 48.0 Å². The summed E-state index contributed by atoms with van der Waals surface area (Å²) in [5.74, 6) is 1.21. The van der Waals surface area contributed by atoms with E-state index >= 15 is 0 Å². The molecule has 4 rings (SSSR count). The number of aromatic amines is 1. The summed E-state index contributed by atoms with van der Waals surface area (Å²) in [6.07, 6.45) is 1.73. The fraction of sp³-hybridized carbons (Fsp3) is 0.120. The molecule has 3 aromatic carbocycles. The second-order valence-electron chi connectivity index (χ2n) is 7.22. The van der Waals surface area contributed by atoms with Crippen LogP contribution < -0.4 is 14.8 Å². The number of rotatable bonds is 7. The summed E-state index contributed by atoms with van der Waals surface area (Å²) >= 11 is 5.97. The Morgan fingerprint density at radius 3 is 2.70 bits per heavy atom. The van der Waals surface area contributed by atoms with E-state index in [9.17, 15) is 9.18 Å². The monoisotopic (exact) mass is 465 g/mol. The molecule has 1 heterocycles. The van der Waals surface area contributed by atoms with Gasteiger partial charge >= 0.3 is 0 Å². The number of H-pyrrole nitrogens is 1. The first-order valence-electron chi connectivity index (χ1n) is 10.1. The largest absolute Gasteiger partial charge is 0.497 e. The number of nitrogens with zero attached hydrogens (tertiary/aromatic N) is 1. The van der Waals surface area contributed by atoms with Crippen LogP contribution in [0, 0.1) is 5.82 Å². The Balaban J connectivity index is 1.52. The Kier molecular flexibility index (Phi) is 6.60. The van der Waals surface area contributed by atoms with E-state index in [0.717, 1.165) is 28.5 Å². The number of amides is 1. The van der Waals surface area contributed by atoms with Crippen molar-refractivity contribution in [2.45, 2.75) is 6.54 Å². The van der Waals surface area contributed by atoms with Crippen molar-refractivity contribution in [1.82, 2.24) is 15.3 Å². The van der Waals surface area contributed by atoms with Crippen molar-refractivity contribution in [1.29, 1.82) is 0 Å². The van der Waals surface area contributed by atoms with Gasteiger partial charge in [-0.1, -0.05) is 29.8 Å². The van der Waals surface area contributed by atoms with E-state index in [2.05, 4.69) is 15.3 Å². The van der Waals surface area contributed by atoms with Crippen LogP contribution in [0.5, 0.6) is 11.5 Å². The Bertz CT molecular complexity index is 1310. The fourth-order valence-electron chi connectivity index (χ4n) is 3.41. The highest BCUT2D eigenvalue weighted by Crippen LogP contribution is 2.33. The van der Waals surface area contributed by atoms with Gasteiger partial charge in [-0.2, -0.15) is 0 Å². The summed E-state index contributed by atoms with van der Waals surface area (Å²) in [5, 5.41) is 2.87. The van der Waals surface area contributed by atoms with Crippen LogP contribution in [-0.2, 0) is 6.54 Å². The minimum Gasteiger partial charge on any atom is -0.497 e. The van der Waals surface area contributed by atoms with Gasteiger partial charge in [0.2, 0.25) is 0 Å². The van der Waals surface area contributed by atoms with E-state index in [1.807, 2.05) is 42.5 Å². The Labute approximate surface area is 195 Å². The van der Waals surface area contributed by atoms with Crippen LogP contribution in [0.2, 0.25) is 5.02 Å². The highest BCUT2D eigenvalue weighted by Gasteiger charge is 2.13. The van der Waals surface area contributed by atoms with Gasteiger partial charge in [-0.15, -0.1) is 0 Å². The number of carbonyl (C=O) groups is 1. The summed E-state index contributed by atoms with van der Waals surface area (Å²) in [6, 6.07) is 16.9. The molecule has 33 heavy (non-hydrogen) atoms. The first-order valence-corrected chi connectivity index (χ1v) is 10.5. The predicted octanol–water partition coefficient (Wildman–Crippen LogP) is 5.48. The van der Waals surface area contributed by atoms with E-state index in [-0.39, 0.29) is 23.0 Å². The second kappa shape index (κ2) is 9.75. The zero-order valence-electron chi connectivity index (χ0n) is 18.0. The van der Waals surface area contributed by atoms with Gasteiger partial charge in [0.1, 0.15) is 23.1 Å². The van der Waals surface area contributed by atoms with Gasteiger partial charge in [0.05, 0.1) is 36.7 Å². The van der Waals surface area contributed by atoms with E-state index in [1.165, 1.54) is 12.1 Å². The Morgan fingerprint density at radius 2 is 1.94 bits per heavy atom. The van der Waals surface area contributed by atoms with Crippen LogP contribution in [0.15, 0.2) is 66.9 Å². The summed E-state index contributed by atoms with van der Waals surface area (Å²) in [7, 11) is 3.22. The van der Waals surface area contributed by atoms with Crippen LogP contribution in [0.1, 0.15) is 15.9 Å². The molecule has 0 fully saturated rings. The average Bonchev–Trinajstić information content (AvgIpc) is 3.32. The molecule has 0 spiro atoms. The lowest BCUT2D eigenvalue weighted by molar-refractivity contribution is 0.0951. The molecule has 8 heteroatoms. The number of benzene rings is 3. The summed E-state index contributed by atoms with van der Waals surface area (Å²) in [5.41, 5.74) is 3.56. The SMILES string of the molecule is COc1ccc(OC)c(-c2cnc(-c3cccc(CNC(=O)c4ccc(F)cc4Cl)c3)[nH]2)c1. The molecule has 0 bridgehead atoms. The second-order valence-corrected chi connectivity index (χ2v) is 7.63. The highest BCUT2D eigenvalue weighted by molar-refractivity contribution is 6.33. The molecule has 0 atom stereocenters. The molecule has 2 N–H and O–H groups in total. The smallest absolute Gasteiger partial charge is 0.253 e. The Morgan fingerprint density at radius 1 is 1.09 bits per heavy atom. The Hall–Kier alpha value is -3.84. The molecule has 0 unspecified atom stereocenters. The van der Waals surface area contributed by atoms with Crippen LogP contribution in [0.3, 0.4) is 0 Å². The number of nitrogens with one attached hydrogen (secondary N) is 2. The number of methoxy groups -OCH3 is 2.